The lowest BCUT2D eigenvalue weighted by molar-refractivity contribution is 0.0392. The van der Waals surface area contributed by atoms with Gasteiger partial charge in [-0.15, -0.1) is 0 Å². The van der Waals surface area contributed by atoms with E-state index in [4.69, 9.17) is 9.84 Å². The quantitative estimate of drug-likeness (QED) is 0.784. The third-order valence-corrected chi connectivity index (χ3v) is 5.20. The van der Waals surface area contributed by atoms with Gasteiger partial charge in [0.1, 0.15) is 10.6 Å². The molecule has 18 heavy (non-hydrogen) atoms. The van der Waals surface area contributed by atoms with E-state index in [1.54, 1.807) is 13.8 Å². The Hall–Kier alpha value is -0.960. The zero-order valence-electron chi connectivity index (χ0n) is 10.4. The van der Waals surface area contributed by atoms with Crippen LogP contribution in [-0.4, -0.2) is 53.8 Å². The Balaban J connectivity index is 2.44. The molecule has 7 nitrogen and oxygen atoms in total. The van der Waals surface area contributed by atoms with Crippen LogP contribution in [0.15, 0.2) is 4.90 Å². The topological polar surface area (TPSA) is 95.5 Å². The van der Waals surface area contributed by atoms with E-state index in [-0.39, 0.29) is 16.6 Å². The Bertz CT molecular complexity index is 525. The number of nitrogens with zero attached hydrogens (tertiary/aromatic N) is 2. The van der Waals surface area contributed by atoms with E-state index in [9.17, 15) is 8.42 Å². The van der Waals surface area contributed by atoms with Crippen LogP contribution < -0.4 is 0 Å². The molecule has 0 spiro atoms. The number of ether oxygens (including phenoxy) is 1. The normalized spacial score (nSPS) is 22.3. The van der Waals surface area contributed by atoms with Crippen molar-refractivity contribution in [3.63, 3.8) is 0 Å². The van der Waals surface area contributed by atoms with Crippen LogP contribution in [0.4, 0.5) is 0 Å². The summed E-state index contributed by atoms with van der Waals surface area (Å²) in [7, 11) is -3.64. The van der Waals surface area contributed by atoms with Crippen molar-refractivity contribution in [3.05, 3.63) is 11.4 Å². The molecule has 1 aromatic rings. The van der Waals surface area contributed by atoms with E-state index in [0.29, 0.717) is 25.5 Å². The van der Waals surface area contributed by atoms with Gasteiger partial charge in [-0.2, -0.15) is 9.40 Å². The van der Waals surface area contributed by atoms with Crippen molar-refractivity contribution in [2.75, 3.05) is 19.8 Å². The summed E-state index contributed by atoms with van der Waals surface area (Å²) >= 11 is 0. The molecule has 1 aliphatic rings. The molecule has 0 aromatic carbocycles. The van der Waals surface area contributed by atoms with Crippen molar-refractivity contribution in [2.45, 2.75) is 31.4 Å². The number of hydrogen-bond donors (Lipinski definition) is 2. The Kier molecular flexibility index (Phi) is 3.71. The maximum atomic E-state index is 12.6. The van der Waals surface area contributed by atoms with Gasteiger partial charge in [0, 0.05) is 12.6 Å². The molecule has 0 bridgehead atoms. The van der Waals surface area contributed by atoms with E-state index in [1.165, 1.54) is 4.31 Å². The molecule has 1 aliphatic heterocycles. The van der Waals surface area contributed by atoms with Gasteiger partial charge in [0.25, 0.3) is 0 Å². The lowest BCUT2D eigenvalue weighted by atomic mass is 10.3. The first-order valence-electron chi connectivity index (χ1n) is 5.72. The number of H-pyrrole nitrogens is 1. The van der Waals surface area contributed by atoms with Crippen molar-refractivity contribution in [1.82, 2.24) is 14.5 Å². The highest BCUT2D eigenvalue weighted by atomic mass is 32.2. The molecule has 1 fully saturated rings. The second-order valence-corrected chi connectivity index (χ2v) is 6.15. The molecule has 0 radical (unpaired) electrons. The first kappa shape index (κ1) is 13.5. The maximum Gasteiger partial charge on any atom is 0.247 e. The zero-order chi connectivity index (χ0) is 13.3. The molecule has 1 unspecified atom stereocenters. The fraction of sp³-hybridized carbons (Fsp3) is 0.700. The van der Waals surface area contributed by atoms with E-state index in [2.05, 4.69) is 10.2 Å². The summed E-state index contributed by atoms with van der Waals surface area (Å²) in [5, 5.41) is 15.6. The van der Waals surface area contributed by atoms with Crippen molar-refractivity contribution in [2.24, 2.45) is 0 Å². The first-order valence-corrected chi connectivity index (χ1v) is 7.16. The Morgan fingerprint density at radius 3 is 2.94 bits per heavy atom. The molecule has 2 heterocycles. The van der Waals surface area contributed by atoms with Gasteiger partial charge in [-0.1, -0.05) is 0 Å². The maximum absolute atomic E-state index is 12.6. The molecular formula is C10H17N3O4S. The first-order chi connectivity index (χ1) is 8.48. The number of aliphatic hydroxyl groups excluding tert-OH is 1. The molecule has 8 heteroatoms. The van der Waals surface area contributed by atoms with Crippen LogP contribution in [0.3, 0.4) is 0 Å². The van der Waals surface area contributed by atoms with Crippen molar-refractivity contribution in [3.8, 4) is 0 Å². The molecule has 2 N–H and O–H groups in total. The Morgan fingerprint density at radius 1 is 1.61 bits per heavy atom. The minimum absolute atomic E-state index is 0.0822. The lowest BCUT2D eigenvalue weighted by Crippen LogP contribution is -2.47. The average Bonchev–Trinajstić information content (AvgIpc) is 2.71. The number of aromatic nitrogens is 2. The number of hydrogen-bond acceptors (Lipinski definition) is 5. The second kappa shape index (κ2) is 4.96. The fourth-order valence-corrected chi connectivity index (χ4v) is 4.03. The number of sulfonamides is 1. The lowest BCUT2D eigenvalue weighted by Gasteiger charge is -2.32. The monoisotopic (exact) mass is 275 g/mol. The summed E-state index contributed by atoms with van der Waals surface area (Å²) in [6.45, 7) is 4.10. The minimum atomic E-state index is -3.64. The summed E-state index contributed by atoms with van der Waals surface area (Å²) < 4.78 is 31.7. The van der Waals surface area contributed by atoms with E-state index >= 15 is 0 Å². The SMILES string of the molecule is Cc1[nH]nc(CO)c1S(=O)(=O)N1CCOCC1C. The van der Waals surface area contributed by atoms with Gasteiger partial charge < -0.3 is 9.84 Å². The molecular weight excluding hydrogens is 258 g/mol. The molecule has 0 saturated carbocycles. The molecule has 0 aliphatic carbocycles. The highest BCUT2D eigenvalue weighted by Gasteiger charge is 2.35. The van der Waals surface area contributed by atoms with Gasteiger partial charge in [-0.3, -0.25) is 5.10 Å². The summed E-state index contributed by atoms with van der Waals surface area (Å²) in [5.74, 6) is 0. The number of nitrogens with one attached hydrogen (secondary N) is 1. The van der Waals surface area contributed by atoms with Gasteiger partial charge in [0.05, 0.1) is 25.5 Å². The highest BCUT2D eigenvalue weighted by Crippen LogP contribution is 2.25. The standard InChI is InChI=1S/C10H17N3O4S/c1-7-6-17-4-3-13(7)18(15,16)10-8(2)11-12-9(10)5-14/h7,14H,3-6H2,1-2H3,(H,11,12). The minimum Gasteiger partial charge on any atom is -0.390 e. The van der Waals surface area contributed by atoms with Crippen molar-refractivity contribution < 1.29 is 18.3 Å². The Morgan fingerprint density at radius 2 is 2.33 bits per heavy atom. The Labute approximate surface area is 106 Å². The van der Waals surface area contributed by atoms with Crippen LogP contribution in [0.5, 0.6) is 0 Å². The average molecular weight is 275 g/mol. The molecule has 1 atom stereocenters. The number of aryl methyl sites for hydroxylation is 1. The van der Waals surface area contributed by atoms with Crippen LogP contribution in [0, 0.1) is 6.92 Å². The predicted molar refractivity (Wildman–Crippen MR) is 63.4 cm³/mol. The number of aliphatic hydroxyl groups is 1. The van der Waals surface area contributed by atoms with Crippen LogP contribution in [-0.2, 0) is 21.4 Å². The van der Waals surface area contributed by atoms with Gasteiger partial charge in [0.15, 0.2) is 0 Å². The fourth-order valence-electron chi connectivity index (χ4n) is 2.11. The molecule has 1 aromatic heterocycles. The number of aromatic amines is 1. The summed E-state index contributed by atoms with van der Waals surface area (Å²) in [6, 6.07) is -0.218. The molecule has 0 amide bonds. The third kappa shape index (κ3) is 2.16. The number of rotatable bonds is 3. The van der Waals surface area contributed by atoms with Crippen molar-refractivity contribution in [1.29, 1.82) is 0 Å². The zero-order valence-corrected chi connectivity index (χ0v) is 11.2. The van der Waals surface area contributed by atoms with E-state index < -0.39 is 16.6 Å². The second-order valence-electron chi connectivity index (χ2n) is 4.32. The van der Waals surface area contributed by atoms with Gasteiger partial charge in [-0.05, 0) is 13.8 Å². The molecule has 2 rings (SSSR count). The van der Waals surface area contributed by atoms with Gasteiger partial charge >= 0.3 is 0 Å². The summed E-state index contributed by atoms with van der Waals surface area (Å²) in [6.07, 6.45) is 0. The predicted octanol–water partition coefficient (Wildman–Crippen LogP) is -0.380. The van der Waals surface area contributed by atoms with Crippen LogP contribution in [0.2, 0.25) is 0 Å². The van der Waals surface area contributed by atoms with E-state index in [0.717, 1.165) is 0 Å². The van der Waals surface area contributed by atoms with Crippen LogP contribution in [0.25, 0.3) is 0 Å². The van der Waals surface area contributed by atoms with Gasteiger partial charge in [0.2, 0.25) is 10.0 Å². The van der Waals surface area contributed by atoms with Crippen LogP contribution in [0.1, 0.15) is 18.3 Å². The van der Waals surface area contributed by atoms with E-state index in [1.807, 2.05) is 0 Å². The summed E-state index contributed by atoms with van der Waals surface area (Å²) in [4.78, 5) is 0.0822. The molecule has 1 saturated heterocycles. The van der Waals surface area contributed by atoms with Crippen molar-refractivity contribution >= 4 is 10.0 Å². The highest BCUT2D eigenvalue weighted by molar-refractivity contribution is 7.89. The van der Waals surface area contributed by atoms with Gasteiger partial charge in [-0.25, -0.2) is 8.42 Å². The van der Waals surface area contributed by atoms with Crippen LogP contribution >= 0.6 is 0 Å². The number of morpholine rings is 1. The smallest absolute Gasteiger partial charge is 0.247 e. The third-order valence-electron chi connectivity index (χ3n) is 2.98. The summed E-state index contributed by atoms with van der Waals surface area (Å²) in [5.41, 5.74) is 0.601. The largest absolute Gasteiger partial charge is 0.390 e. The molecule has 102 valence electrons.